The molecule has 5 heteroatoms. The van der Waals surface area contributed by atoms with Gasteiger partial charge in [0.2, 0.25) is 0 Å². The Bertz CT molecular complexity index is 440. The number of rotatable bonds is 3. The van der Waals surface area contributed by atoms with Crippen LogP contribution < -0.4 is 5.32 Å². The highest BCUT2D eigenvalue weighted by molar-refractivity contribution is 5.84. The van der Waals surface area contributed by atoms with Crippen LogP contribution in [0.3, 0.4) is 0 Å². The molecule has 2 rings (SSSR count). The minimum Gasteiger partial charge on any atom is -0.444 e. The van der Waals surface area contributed by atoms with Crippen molar-refractivity contribution in [3.05, 3.63) is 48.3 Å². The number of amides is 1. The molecule has 2 N–H and O–H groups in total. The van der Waals surface area contributed by atoms with Crippen molar-refractivity contribution in [3.63, 3.8) is 0 Å². The molecular formula is C11H11N3O2. The molecule has 0 aliphatic carbocycles. The van der Waals surface area contributed by atoms with Gasteiger partial charge in [0.1, 0.15) is 6.61 Å². The van der Waals surface area contributed by atoms with E-state index in [1.165, 1.54) is 6.20 Å². The molecule has 0 radical (unpaired) electrons. The number of carbonyl (C=O) groups is 1. The molecule has 1 heterocycles. The monoisotopic (exact) mass is 217 g/mol. The molecular weight excluding hydrogens is 206 g/mol. The van der Waals surface area contributed by atoms with E-state index in [4.69, 9.17) is 4.74 Å². The summed E-state index contributed by atoms with van der Waals surface area (Å²) in [5, 5.41) is 8.82. The van der Waals surface area contributed by atoms with Gasteiger partial charge in [-0.2, -0.15) is 5.10 Å². The maximum Gasteiger partial charge on any atom is 0.412 e. The summed E-state index contributed by atoms with van der Waals surface area (Å²) in [6.45, 7) is 0.254. The van der Waals surface area contributed by atoms with Crippen LogP contribution in [0.1, 0.15) is 5.56 Å². The van der Waals surface area contributed by atoms with Crippen molar-refractivity contribution >= 4 is 11.8 Å². The van der Waals surface area contributed by atoms with Crippen LogP contribution in [0.15, 0.2) is 42.7 Å². The molecule has 0 saturated carbocycles. The number of anilines is 1. The highest BCUT2D eigenvalue weighted by atomic mass is 16.5. The Morgan fingerprint density at radius 3 is 2.88 bits per heavy atom. The number of benzene rings is 1. The lowest BCUT2D eigenvalue weighted by molar-refractivity contribution is 0.155. The second-order valence-electron chi connectivity index (χ2n) is 3.17. The predicted molar refractivity (Wildman–Crippen MR) is 58.8 cm³/mol. The quantitative estimate of drug-likeness (QED) is 0.827. The smallest absolute Gasteiger partial charge is 0.412 e. The van der Waals surface area contributed by atoms with Crippen molar-refractivity contribution in [1.82, 2.24) is 10.2 Å². The maximum atomic E-state index is 11.3. The molecule has 2 aromatic rings. The number of aromatic amines is 1. The summed E-state index contributed by atoms with van der Waals surface area (Å²) in [7, 11) is 0. The second-order valence-corrected chi connectivity index (χ2v) is 3.17. The van der Waals surface area contributed by atoms with Gasteiger partial charge in [0, 0.05) is 6.20 Å². The van der Waals surface area contributed by atoms with E-state index in [2.05, 4.69) is 15.5 Å². The lowest BCUT2D eigenvalue weighted by atomic mass is 10.2. The summed E-state index contributed by atoms with van der Waals surface area (Å²) in [5.74, 6) is 0. The van der Waals surface area contributed by atoms with E-state index in [-0.39, 0.29) is 6.61 Å². The molecule has 0 saturated heterocycles. The SMILES string of the molecule is O=C(Nc1cn[nH]c1)OCc1ccccc1. The number of aromatic nitrogens is 2. The van der Waals surface area contributed by atoms with E-state index in [1.807, 2.05) is 30.3 Å². The number of hydrogen-bond acceptors (Lipinski definition) is 3. The topological polar surface area (TPSA) is 67.0 Å². The van der Waals surface area contributed by atoms with Crippen LogP contribution in [0.25, 0.3) is 0 Å². The number of carbonyl (C=O) groups excluding carboxylic acids is 1. The van der Waals surface area contributed by atoms with Crippen LogP contribution in [0.2, 0.25) is 0 Å². The molecule has 16 heavy (non-hydrogen) atoms. The fourth-order valence-corrected chi connectivity index (χ4v) is 1.20. The lowest BCUT2D eigenvalue weighted by Crippen LogP contribution is -2.12. The van der Waals surface area contributed by atoms with E-state index < -0.39 is 6.09 Å². The van der Waals surface area contributed by atoms with Crippen molar-refractivity contribution in [2.45, 2.75) is 6.61 Å². The van der Waals surface area contributed by atoms with Gasteiger partial charge >= 0.3 is 6.09 Å². The van der Waals surface area contributed by atoms with Gasteiger partial charge in [-0.1, -0.05) is 30.3 Å². The van der Waals surface area contributed by atoms with Gasteiger partial charge < -0.3 is 4.74 Å². The van der Waals surface area contributed by atoms with Gasteiger partial charge in [-0.05, 0) is 5.56 Å². The number of ether oxygens (including phenoxy) is 1. The summed E-state index contributed by atoms with van der Waals surface area (Å²) in [4.78, 5) is 11.3. The zero-order chi connectivity index (χ0) is 11.2. The molecule has 0 atom stereocenters. The Morgan fingerprint density at radius 1 is 1.38 bits per heavy atom. The molecule has 5 nitrogen and oxygen atoms in total. The highest BCUT2D eigenvalue weighted by Crippen LogP contribution is 2.04. The van der Waals surface area contributed by atoms with E-state index in [0.717, 1.165) is 5.56 Å². The van der Waals surface area contributed by atoms with Gasteiger partial charge in [-0.15, -0.1) is 0 Å². The van der Waals surface area contributed by atoms with E-state index in [9.17, 15) is 4.79 Å². The third-order valence-electron chi connectivity index (χ3n) is 1.96. The third kappa shape index (κ3) is 2.84. The average Bonchev–Trinajstić information content (AvgIpc) is 2.81. The summed E-state index contributed by atoms with van der Waals surface area (Å²) < 4.78 is 5.01. The summed E-state index contributed by atoms with van der Waals surface area (Å²) in [5.41, 5.74) is 1.53. The lowest BCUT2D eigenvalue weighted by Gasteiger charge is -2.04. The molecule has 1 amide bonds. The Balaban J connectivity index is 1.80. The normalized spacial score (nSPS) is 9.75. The van der Waals surface area contributed by atoms with Crippen LogP contribution in [0.4, 0.5) is 10.5 Å². The second kappa shape index (κ2) is 4.97. The van der Waals surface area contributed by atoms with Gasteiger partial charge in [-0.25, -0.2) is 4.79 Å². The van der Waals surface area contributed by atoms with Crippen molar-refractivity contribution in [1.29, 1.82) is 0 Å². The Kier molecular flexibility index (Phi) is 3.18. The first-order chi connectivity index (χ1) is 7.84. The largest absolute Gasteiger partial charge is 0.444 e. The van der Waals surface area contributed by atoms with Gasteiger partial charge in [-0.3, -0.25) is 10.4 Å². The third-order valence-corrected chi connectivity index (χ3v) is 1.96. The Morgan fingerprint density at radius 2 is 2.19 bits per heavy atom. The first-order valence-corrected chi connectivity index (χ1v) is 4.81. The van der Waals surface area contributed by atoms with Gasteiger partial charge in [0.05, 0.1) is 11.9 Å². The molecule has 1 aromatic carbocycles. The fraction of sp³-hybridized carbons (Fsp3) is 0.0909. The Labute approximate surface area is 92.4 Å². The first kappa shape index (κ1) is 10.2. The number of hydrogen-bond donors (Lipinski definition) is 2. The Hall–Kier alpha value is -2.30. The van der Waals surface area contributed by atoms with Gasteiger partial charge in [0.25, 0.3) is 0 Å². The first-order valence-electron chi connectivity index (χ1n) is 4.81. The minimum atomic E-state index is -0.495. The molecule has 0 bridgehead atoms. The summed E-state index contributed by atoms with van der Waals surface area (Å²) in [6.07, 6.45) is 2.58. The van der Waals surface area contributed by atoms with Crippen molar-refractivity contribution in [3.8, 4) is 0 Å². The van der Waals surface area contributed by atoms with Crippen molar-refractivity contribution in [2.24, 2.45) is 0 Å². The van der Waals surface area contributed by atoms with E-state index in [0.29, 0.717) is 5.69 Å². The molecule has 0 aliphatic heterocycles. The molecule has 0 fully saturated rings. The van der Waals surface area contributed by atoms with Crippen LogP contribution in [-0.4, -0.2) is 16.3 Å². The fourth-order valence-electron chi connectivity index (χ4n) is 1.20. The summed E-state index contributed by atoms with van der Waals surface area (Å²) in [6, 6.07) is 9.49. The zero-order valence-corrected chi connectivity index (χ0v) is 8.51. The van der Waals surface area contributed by atoms with Crippen molar-refractivity contribution < 1.29 is 9.53 Å². The standard InChI is InChI=1S/C11H11N3O2/c15-11(14-10-6-12-13-7-10)16-8-9-4-2-1-3-5-9/h1-7H,8H2,(H,12,13)(H,14,15). The maximum absolute atomic E-state index is 11.3. The number of nitrogens with zero attached hydrogens (tertiary/aromatic N) is 1. The summed E-state index contributed by atoms with van der Waals surface area (Å²) >= 11 is 0. The molecule has 1 aromatic heterocycles. The molecule has 82 valence electrons. The van der Waals surface area contributed by atoms with Crippen molar-refractivity contribution in [2.75, 3.05) is 5.32 Å². The number of H-pyrrole nitrogens is 1. The predicted octanol–water partition coefficient (Wildman–Crippen LogP) is 2.16. The van der Waals surface area contributed by atoms with E-state index in [1.54, 1.807) is 6.20 Å². The van der Waals surface area contributed by atoms with Crippen LogP contribution in [0, 0.1) is 0 Å². The van der Waals surface area contributed by atoms with Crippen LogP contribution >= 0.6 is 0 Å². The minimum absolute atomic E-state index is 0.254. The zero-order valence-electron chi connectivity index (χ0n) is 8.51. The molecule has 0 unspecified atom stereocenters. The highest BCUT2D eigenvalue weighted by Gasteiger charge is 2.03. The van der Waals surface area contributed by atoms with E-state index >= 15 is 0 Å². The molecule has 0 aliphatic rings. The average molecular weight is 217 g/mol. The van der Waals surface area contributed by atoms with Gasteiger partial charge in [0.15, 0.2) is 0 Å². The van der Waals surface area contributed by atoms with Crippen LogP contribution in [-0.2, 0) is 11.3 Å². The molecule has 0 spiro atoms. The van der Waals surface area contributed by atoms with Crippen LogP contribution in [0.5, 0.6) is 0 Å². The number of nitrogens with one attached hydrogen (secondary N) is 2.